The Balaban J connectivity index is 3.35. The van der Waals surface area contributed by atoms with Gasteiger partial charge in [-0.15, -0.1) is 0 Å². The molecule has 0 amide bonds. The van der Waals surface area contributed by atoms with E-state index >= 15 is 0 Å². The molecule has 0 aliphatic carbocycles. The molecule has 94 valence electrons. The molecule has 0 aliphatic rings. The number of nitrogens with two attached hydrogens (primary N) is 1. The van der Waals surface area contributed by atoms with Gasteiger partial charge in [0.15, 0.2) is 0 Å². The maximum atomic E-state index is 12.8. The molecule has 0 saturated carbocycles. The first-order valence-electron chi connectivity index (χ1n) is 4.76. The second kappa shape index (κ2) is 5.53. The van der Waals surface area contributed by atoms with Crippen molar-refractivity contribution >= 4 is 5.97 Å². The summed E-state index contributed by atoms with van der Waals surface area (Å²) in [5.74, 6) is -1.17. The molecule has 0 fully saturated rings. The standard InChI is InChI=1S/C10H12F2N2O3/c1-17-7-2-5(4-13)9(10(11)12)6(14-7)3-8(15)16/h2,10H,3-4,13H2,1H3,(H,15,16). The van der Waals surface area contributed by atoms with E-state index in [1.54, 1.807) is 0 Å². The molecule has 17 heavy (non-hydrogen) atoms. The molecule has 0 saturated heterocycles. The third-order valence-electron chi connectivity index (χ3n) is 2.17. The number of halogens is 2. The number of ether oxygens (including phenoxy) is 1. The van der Waals surface area contributed by atoms with Gasteiger partial charge < -0.3 is 15.6 Å². The Morgan fingerprint density at radius 3 is 2.71 bits per heavy atom. The summed E-state index contributed by atoms with van der Waals surface area (Å²) in [5.41, 5.74) is 4.85. The lowest BCUT2D eigenvalue weighted by atomic mass is 10.0. The first-order valence-corrected chi connectivity index (χ1v) is 4.76. The van der Waals surface area contributed by atoms with Gasteiger partial charge >= 0.3 is 5.97 Å². The van der Waals surface area contributed by atoms with Crippen LogP contribution in [0.1, 0.15) is 23.2 Å². The molecule has 0 atom stereocenters. The molecule has 0 unspecified atom stereocenters. The molecule has 1 heterocycles. The lowest BCUT2D eigenvalue weighted by molar-refractivity contribution is -0.136. The number of hydrogen-bond acceptors (Lipinski definition) is 4. The number of hydrogen-bond donors (Lipinski definition) is 2. The van der Waals surface area contributed by atoms with E-state index in [0.29, 0.717) is 0 Å². The van der Waals surface area contributed by atoms with Crippen LogP contribution in [0, 0.1) is 0 Å². The number of alkyl halides is 2. The average molecular weight is 246 g/mol. The molecular formula is C10H12F2N2O3. The predicted octanol–water partition coefficient (Wildman–Crippen LogP) is 1.11. The number of aromatic nitrogens is 1. The third-order valence-corrected chi connectivity index (χ3v) is 2.17. The Morgan fingerprint density at radius 2 is 2.29 bits per heavy atom. The van der Waals surface area contributed by atoms with Gasteiger partial charge in [-0.1, -0.05) is 0 Å². The van der Waals surface area contributed by atoms with Crippen molar-refractivity contribution < 1.29 is 23.4 Å². The second-order valence-corrected chi connectivity index (χ2v) is 3.26. The van der Waals surface area contributed by atoms with Crippen LogP contribution >= 0.6 is 0 Å². The number of pyridine rings is 1. The summed E-state index contributed by atoms with van der Waals surface area (Å²) in [7, 11) is 1.31. The largest absolute Gasteiger partial charge is 0.481 e. The summed E-state index contributed by atoms with van der Waals surface area (Å²) in [4.78, 5) is 14.3. The van der Waals surface area contributed by atoms with Crippen LogP contribution in [0.5, 0.6) is 5.88 Å². The second-order valence-electron chi connectivity index (χ2n) is 3.26. The quantitative estimate of drug-likeness (QED) is 0.812. The van der Waals surface area contributed by atoms with Crippen molar-refractivity contribution in [2.75, 3.05) is 7.11 Å². The summed E-state index contributed by atoms with van der Waals surface area (Å²) >= 11 is 0. The smallest absolute Gasteiger partial charge is 0.309 e. The molecule has 1 rings (SSSR count). The summed E-state index contributed by atoms with van der Waals surface area (Å²) in [6, 6.07) is 1.28. The average Bonchev–Trinajstić information content (AvgIpc) is 2.26. The summed E-state index contributed by atoms with van der Waals surface area (Å²) < 4.78 is 30.5. The van der Waals surface area contributed by atoms with Crippen LogP contribution in [0.4, 0.5) is 8.78 Å². The molecule has 0 aromatic carbocycles. The van der Waals surface area contributed by atoms with E-state index in [1.165, 1.54) is 13.2 Å². The van der Waals surface area contributed by atoms with Crippen LogP contribution in [0.15, 0.2) is 6.07 Å². The van der Waals surface area contributed by atoms with E-state index in [9.17, 15) is 13.6 Å². The first-order chi connectivity index (χ1) is 7.99. The molecule has 0 aliphatic heterocycles. The summed E-state index contributed by atoms with van der Waals surface area (Å²) in [5, 5.41) is 8.64. The Morgan fingerprint density at radius 1 is 1.65 bits per heavy atom. The highest BCUT2D eigenvalue weighted by molar-refractivity contribution is 5.70. The lowest BCUT2D eigenvalue weighted by Gasteiger charge is -2.13. The number of carboxylic acids is 1. The first kappa shape index (κ1) is 13.3. The van der Waals surface area contributed by atoms with Gasteiger partial charge in [-0.3, -0.25) is 4.79 Å². The van der Waals surface area contributed by atoms with Gasteiger partial charge in [0.05, 0.1) is 19.2 Å². The zero-order chi connectivity index (χ0) is 13.0. The Hall–Kier alpha value is -1.76. The van der Waals surface area contributed by atoms with Crippen molar-refractivity contribution in [2.45, 2.75) is 19.4 Å². The fourth-order valence-electron chi connectivity index (χ4n) is 1.46. The minimum atomic E-state index is -2.82. The number of rotatable bonds is 5. The molecule has 7 heteroatoms. The number of methoxy groups -OCH3 is 1. The zero-order valence-electron chi connectivity index (χ0n) is 9.11. The van der Waals surface area contributed by atoms with E-state index in [2.05, 4.69) is 4.98 Å². The van der Waals surface area contributed by atoms with E-state index < -0.39 is 24.4 Å². The fraction of sp³-hybridized carbons (Fsp3) is 0.400. The normalized spacial score (nSPS) is 10.6. The molecule has 0 radical (unpaired) electrons. The fourth-order valence-corrected chi connectivity index (χ4v) is 1.46. The van der Waals surface area contributed by atoms with Gasteiger partial charge in [0, 0.05) is 18.2 Å². The molecule has 3 N–H and O–H groups in total. The number of carbonyl (C=O) groups is 1. The SMILES string of the molecule is COc1cc(CN)c(C(F)F)c(CC(=O)O)n1. The van der Waals surface area contributed by atoms with E-state index in [1.807, 2.05) is 0 Å². The molecule has 0 spiro atoms. The number of nitrogens with zero attached hydrogens (tertiary/aromatic N) is 1. The van der Waals surface area contributed by atoms with Crippen molar-refractivity contribution in [3.05, 3.63) is 22.9 Å². The minimum Gasteiger partial charge on any atom is -0.481 e. The highest BCUT2D eigenvalue weighted by atomic mass is 19.3. The van der Waals surface area contributed by atoms with Gasteiger partial charge in [-0.2, -0.15) is 0 Å². The van der Waals surface area contributed by atoms with Crippen LogP contribution in [0.25, 0.3) is 0 Å². The van der Waals surface area contributed by atoms with Crippen LogP contribution < -0.4 is 10.5 Å². The lowest BCUT2D eigenvalue weighted by Crippen LogP contribution is -2.12. The highest BCUT2D eigenvalue weighted by Gasteiger charge is 2.21. The van der Waals surface area contributed by atoms with Crippen molar-refractivity contribution in [1.29, 1.82) is 0 Å². The van der Waals surface area contributed by atoms with Crippen LogP contribution in [-0.2, 0) is 17.8 Å². The van der Waals surface area contributed by atoms with E-state index in [-0.39, 0.29) is 23.7 Å². The van der Waals surface area contributed by atoms with Gasteiger partial charge in [0.25, 0.3) is 6.43 Å². The predicted molar refractivity (Wildman–Crippen MR) is 55.0 cm³/mol. The van der Waals surface area contributed by atoms with Crippen molar-refractivity contribution in [3.63, 3.8) is 0 Å². The monoisotopic (exact) mass is 246 g/mol. The van der Waals surface area contributed by atoms with Crippen LogP contribution in [-0.4, -0.2) is 23.2 Å². The van der Waals surface area contributed by atoms with Crippen molar-refractivity contribution in [2.24, 2.45) is 5.73 Å². The van der Waals surface area contributed by atoms with Gasteiger partial charge in [-0.25, -0.2) is 13.8 Å². The minimum absolute atomic E-state index is 0.0751. The number of aliphatic carboxylic acids is 1. The van der Waals surface area contributed by atoms with Crippen LogP contribution in [0.2, 0.25) is 0 Å². The van der Waals surface area contributed by atoms with E-state index in [4.69, 9.17) is 15.6 Å². The van der Waals surface area contributed by atoms with Crippen LogP contribution in [0.3, 0.4) is 0 Å². The van der Waals surface area contributed by atoms with Gasteiger partial charge in [-0.05, 0) is 5.56 Å². The highest BCUT2D eigenvalue weighted by Crippen LogP contribution is 2.28. The van der Waals surface area contributed by atoms with Gasteiger partial charge in [0.2, 0.25) is 5.88 Å². The summed E-state index contributed by atoms with van der Waals surface area (Å²) in [6.45, 7) is -0.134. The zero-order valence-corrected chi connectivity index (χ0v) is 9.11. The third kappa shape index (κ3) is 3.10. The molecule has 1 aromatic rings. The topological polar surface area (TPSA) is 85.4 Å². The number of carboxylic acid groups (broad SMARTS) is 1. The van der Waals surface area contributed by atoms with Crippen molar-refractivity contribution in [1.82, 2.24) is 4.98 Å². The summed E-state index contributed by atoms with van der Waals surface area (Å²) in [6.07, 6.45) is -3.41. The maximum Gasteiger partial charge on any atom is 0.309 e. The molecular weight excluding hydrogens is 234 g/mol. The Labute approximate surface area is 96.2 Å². The molecule has 5 nitrogen and oxygen atoms in total. The maximum absolute atomic E-state index is 12.8. The molecule has 1 aromatic heterocycles. The molecule has 0 bridgehead atoms. The van der Waals surface area contributed by atoms with Crippen molar-refractivity contribution in [3.8, 4) is 5.88 Å². The van der Waals surface area contributed by atoms with E-state index in [0.717, 1.165) is 0 Å². The van der Waals surface area contributed by atoms with Gasteiger partial charge in [0.1, 0.15) is 0 Å². The Kier molecular flexibility index (Phi) is 4.33. The Bertz CT molecular complexity index is 424.